The lowest BCUT2D eigenvalue weighted by molar-refractivity contribution is -0.115. The lowest BCUT2D eigenvalue weighted by Gasteiger charge is -2.11. The average Bonchev–Trinajstić information content (AvgIpc) is 2.56. The first kappa shape index (κ1) is 16.7. The van der Waals surface area contributed by atoms with Gasteiger partial charge in [-0.15, -0.1) is 0 Å². The van der Waals surface area contributed by atoms with Crippen LogP contribution in [0.3, 0.4) is 0 Å². The number of benzene rings is 2. The zero-order chi connectivity index (χ0) is 16.5. The van der Waals surface area contributed by atoms with Crippen molar-refractivity contribution in [3.8, 4) is 0 Å². The molecular formula is C19H22N2O2. The van der Waals surface area contributed by atoms with Gasteiger partial charge in [0.1, 0.15) is 0 Å². The standard InChI is InChI=1S/C19H22N2O2/c1-2-3-13-20-19(23)16-11-7-8-12-17(16)21-18(22)14-15-9-5-4-6-10-15/h4-12H,2-3,13-14H2,1H3,(H,20,23)(H,21,22). The molecule has 0 bridgehead atoms. The quantitative estimate of drug-likeness (QED) is 0.770. The van der Waals surface area contributed by atoms with Gasteiger partial charge >= 0.3 is 0 Å². The van der Waals surface area contributed by atoms with Crippen molar-refractivity contribution in [1.29, 1.82) is 0 Å². The zero-order valence-electron chi connectivity index (χ0n) is 13.3. The van der Waals surface area contributed by atoms with Gasteiger partial charge < -0.3 is 10.6 Å². The monoisotopic (exact) mass is 310 g/mol. The SMILES string of the molecule is CCCCNC(=O)c1ccccc1NC(=O)Cc1ccccc1. The number of rotatable bonds is 7. The highest BCUT2D eigenvalue weighted by Crippen LogP contribution is 2.15. The molecule has 0 unspecified atom stereocenters. The van der Waals surface area contributed by atoms with Crippen molar-refractivity contribution in [2.75, 3.05) is 11.9 Å². The second kappa shape index (κ2) is 8.73. The van der Waals surface area contributed by atoms with Gasteiger partial charge in [-0.3, -0.25) is 9.59 Å². The van der Waals surface area contributed by atoms with Crippen molar-refractivity contribution in [3.05, 3.63) is 65.7 Å². The van der Waals surface area contributed by atoms with Gasteiger partial charge in [-0.2, -0.15) is 0 Å². The van der Waals surface area contributed by atoms with E-state index < -0.39 is 0 Å². The number of carbonyl (C=O) groups is 2. The first-order valence-electron chi connectivity index (χ1n) is 7.91. The summed E-state index contributed by atoms with van der Waals surface area (Å²) in [6.07, 6.45) is 2.25. The van der Waals surface area contributed by atoms with Crippen LogP contribution in [-0.4, -0.2) is 18.4 Å². The Morgan fingerprint density at radius 2 is 1.65 bits per heavy atom. The number of unbranched alkanes of at least 4 members (excludes halogenated alkanes) is 1. The summed E-state index contributed by atoms with van der Waals surface area (Å²) in [7, 11) is 0. The Balaban J connectivity index is 2.02. The molecule has 0 fully saturated rings. The second-order valence-electron chi connectivity index (χ2n) is 5.37. The third-order valence-corrected chi connectivity index (χ3v) is 3.47. The summed E-state index contributed by atoms with van der Waals surface area (Å²) in [6.45, 7) is 2.71. The Morgan fingerprint density at radius 3 is 2.39 bits per heavy atom. The lowest BCUT2D eigenvalue weighted by atomic mass is 10.1. The van der Waals surface area contributed by atoms with Crippen molar-refractivity contribution >= 4 is 17.5 Å². The molecule has 2 aromatic carbocycles. The summed E-state index contributed by atoms with van der Waals surface area (Å²) in [4.78, 5) is 24.4. The fourth-order valence-corrected chi connectivity index (χ4v) is 2.24. The number of amides is 2. The normalized spacial score (nSPS) is 10.1. The zero-order valence-corrected chi connectivity index (χ0v) is 13.3. The Morgan fingerprint density at radius 1 is 0.957 bits per heavy atom. The molecule has 4 nitrogen and oxygen atoms in total. The maximum atomic E-state index is 12.2. The molecule has 2 amide bonds. The van der Waals surface area contributed by atoms with E-state index in [1.54, 1.807) is 24.3 Å². The number of hydrogen-bond donors (Lipinski definition) is 2. The van der Waals surface area contributed by atoms with Crippen LogP contribution in [0.15, 0.2) is 54.6 Å². The number of hydrogen-bond acceptors (Lipinski definition) is 2. The van der Waals surface area contributed by atoms with Crippen molar-refractivity contribution in [3.63, 3.8) is 0 Å². The molecule has 0 aliphatic heterocycles. The number of carbonyl (C=O) groups excluding carboxylic acids is 2. The minimum Gasteiger partial charge on any atom is -0.352 e. The van der Waals surface area contributed by atoms with Gasteiger partial charge in [0, 0.05) is 6.54 Å². The lowest BCUT2D eigenvalue weighted by Crippen LogP contribution is -2.26. The van der Waals surface area contributed by atoms with Crippen LogP contribution < -0.4 is 10.6 Å². The molecule has 0 atom stereocenters. The Bertz CT molecular complexity index is 653. The Labute approximate surface area is 136 Å². The number of para-hydroxylation sites is 1. The molecule has 0 aromatic heterocycles. The van der Waals surface area contributed by atoms with Crippen LogP contribution in [0.4, 0.5) is 5.69 Å². The Kier molecular flexibility index (Phi) is 6.36. The summed E-state index contributed by atoms with van der Waals surface area (Å²) in [6, 6.07) is 16.6. The van der Waals surface area contributed by atoms with Gasteiger partial charge in [-0.25, -0.2) is 0 Å². The van der Waals surface area contributed by atoms with Crippen molar-refractivity contribution in [2.24, 2.45) is 0 Å². The van der Waals surface area contributed by atoms with E-state index in [9.17, 15) is 9.59 Å². The van der Waals surface area contributed by atoms with E-state index >= 15 is 0 Å². The van der Waals surface area contributed by atoms with E-state index in [4.69, 9.17) is 0 Å². The summed E-state index contributed by atoms with van der Waals surface area (Å²) < 4.78 is 0. The highest BCUT2D eigenvalue weighted by atomic mass is 16.2. The molecule has 0 saturated heterocycles. The molecule has 0 spiro atoms. The summed E-state index contributed by atoms with van der Waals surface area (Å²) >= 11 is 0. The average molecular weight is 310 g/mol. The predicted octanol–water partition coefficient (Wildman–Crippen LogP) is 3.40. The fourth-order valence-electron chi connectivity index (χ4n) is 2.24. The van der Waals surface area contributed by atoms with Gasteiger partial charge in [-0.05, 0) is 24.1 Å². The van der Waals surface area contributed by atoms with Gasteiger partial charge in [0.25, 0.3) is 5.91 Å². The number of anilines is 1. The third-order valence-electron chi connectivity index (χ3n) is 3.47. The molecule has 4 heteroatoms. The van der Waals surface area contributed by atoms with E-state index in [0.29, 0.717) is 17.8 Å². The summed E-state index contributed by atoms with van der Waals surface area (Å²) in [5, 5.41) is 5.70. The minimum absolute atomic E-state index is 0.134. The Hall–Kier alpha value is -2.62. The maximum absolute atomic E-state index is 12.2. The van der Waals surface area contributed by atoms with E-state index in [0.717, 1.165) is 18.4 Å². The molecule has 23 heavy (non-hydrogen) atoms. The summed E-state index contributed by atoms with van der Waals surface area (Å²) in [5.41, 5.74) is 1.97. The molecule has 120 valence electrons. The predicted molar refractivity (Wildman–Crippen MR) is 92.5 cm³/mol. The van der Waals surface area contributed by atoms with Crippen LogP contribution in [0.25, 0.3) is 0 Å². The van der Waals surface area contributed by atoms with Crippen LogP contribution in [0, 0.1) is 0 Å². The largest absolute Gasteiger partial charge is 0.352 e. The second-order valence-corrected chi connectivity index (χ2v) is 5.37. The molecule has 0 saturated carbocycles. The molecule has 0 heterocycles. The summed E-state index contributed by atoms with van der Waals surface area (Å²) in [5.74, 6) is -0.293. The first-order valence-corrected chi connectivity index (χ1v) is 7.91. The van der Waals surface area contributed by atoms with Gasteiger partial charge in [-0.1, -0.05) is 55.8 Å². The van der Waals surface area contributed by atoms with Crippen molar-refractivity contribution in [2.45, 2.75) is 26.2 Å². The van der Waals surface area contributed by atoms with E-state index in [1.807, 2.05) is 30.3 Å². The third kappa shape index (κ3) is 5.25. The first-order chi connectivity index (χ1) is 11.2. The van der Waals surface area contributed by atoms with Crippen LogP contribution in [0.5, 0.6) is 0 Å². The molecule has 0 radical (unpaired) electrons. The molecule has 2 rings (SSSR count). The van der Waals surface area contributed by atoms with Gasteiger partial charge in [0.05, 0.1) is 17.7 Å². The molecule has 2 aromatic rings. The van der Waals surface area contributed by atoms with Crippen molar-refractivity contribution in [1.82, 2.24) is 5.32 Å². The molecule has 0 aliphatic rings. The highest BCUT2D eigenvalue weighted by Gasteiger charge is 2.12. The fraction of sp³-hybridized carbons (Fsp3) is 0.263. The molecule has 2 N–H and O–H groups in total. The smallest absolute Gasteiger partial charge is 0.253 e. The van der Waals surface area contributed by atoms with E-state index in [1.165, 1.54) is 0 Å². The van der Waals surface area contributed by atoms with Gasteiger partial charge in [0.15, 0.2) is 0 Å². The van der Waals surface area contributed by atoms with Crippen LogP contribution in [0.2, 0.25) is 0 Å². The van der Waals surface area contributed by atoms with Crippen LogP contribution >= 0.6 is 0 Å². The number of nitrogens with one attached hydrogen (secondary N) is 2. The highest BCUT2D eigenvalue weighted by molar-refractivity contribution is 6.04. The van der Waals surface area contributed by atoms with Gasteiger partial charge in [0.2, 0.25) is 5.91 Å². The van der Waals surface area contributed by atoms with Crippen LogP contribution in [0.1, 0.15) is 35.7 Å². The molecular weight excluding hydrogens is 288 g/mol. The van der Waals surface area contributed by atoms with E-state index in [-0.39, 0.29) is 18.2 Å². The van der Waals surface area contributed by atoms with Crippen molar-refractivity contribution < 1.29 is 9.59 Å². The molecule has 0 aliphatic carbocycles. The maximum Gasteiger partial charge on any atom is 0.253 e. The minimum atomic E-state index is -0.158. The van der Waals surface area contributed by atoms with E-state index in [2.05, 4.69) is 17.6 Å². The van der Waals surface area contributed by atoms with Crippen LogP contribution in [-0.2, 0) is 11.2 Å². The topological polar surface area (TPSA) is 58.2 Å².